The van der Waals surface area contributed by atoms with Crippen molar-refractivity contribution in [3.8, 4) is 0 Å². The van der Waals surface area contributed by atoms with Gasteiger partial charge >= 0.3 is 0 Å². The summed E-state index contributed by atoms with van der Waals surface area (Å²) in [7, 11) is 0. The molecule has 0 spiro atoms. The third-order valence-corrected chi connectivity index (χ3v) is 4.99. The van der Waals surface area contributed by atoms with Gasteiger partial charge in [-0.25, -0.2) is 4.98 Å². The van der Waals surface area contributed by atoms with Crippen molar-refractivity contribution in [2.24, 2.45) is 0 Å². The van der Waals surface area contributed by atoms with Gasteiger partial charge in [-0.15, -0.1) is 11.3 Å². The van der Waals surface area contributed by atoms with Gasteiger partial charge in [0.1, 0.15) is 6.04 Å². The van der Waals surface area contributed by atoms with Gasteiger partial charge in [0.25, 0.3) is 5.91 Å². The normalized spacial score (nSPS) is 16.8. The highest BCUT2D eigenvalue weighted by molar-refractivity contribution is 7.13. The molecule has 1 aromatic carbocycles. The van der Waals surface area contributed by atoms with E-state index >= 15 is 0 Å². The van der Waals surface area contributed by atoms with E-state index in [0.29, 0.717) is 16.4 Å². The van der Waals surface area contributed by atoms with Crippen LogP contribution in [0.3, 0.4) is 0 Å². The third kappa shape index (κ3) is 4.51. The standard InChI is InChI=1S/C19H22N4O3S/c1-19(2,3)14-10-27-18(22-14)23-15(24)9-8-13-17(26)20-12-7-5-4-6-11(12)16(25)21-13/h4-7,10,13H,8-9H2,1-3H3,(H,20,26)(H,21,25)(H,22,23,24). The molecule has 0 bridgehead atoms. The molecule has 0 saturated heterocycles. The molecule has 1 aliphatic rings. The Hall–Kier alpha value is -2.74. The Morgan fingerprint density at radius 3 is 2.70 bits per heavy atom. The lowest BCUT2D eigenvalue weighted by Gasteiger charge is -2.14. The van der Waals surface area contributed by atoms with Crippen LogP contribution >= 0.6 is 11.3 Å². The average molecular weight is 386 g/mol. The van der Waals surface area contributed by atoms with Crippen molar-refractivity contribution in [2.45, 2.75) is 45.1 Å². The summed E-state index contributed by atoms with van der Waals surface area (Å²) in [6, 6.07) is 6.04. The SMILES string of the molecule is CC(C)(C)c1csc(NC(=O)CCC2NC(=O)c3ccccc3NC2=O)n1. The minimum absolute atomic E-state index is 0.0861. The molecule has 27 heavy (non-hydrogen) atoms. The quantitative estimate of drug-likeness (QED) is 0.752. The van der Waals surface area contributed by atoms with Crippen LogP contribution in [0.5, 0.6) is 0 Å². The van der Waals surface area contributed by atoms with E-state index < -0.39 is 6.04 Å². The van der Waals surface area contributed by atoms with E-state index in [4.69, 9.17) is 0 Å². The molecule has 1 aromatic heterocycles. The fourth-order valence-electron chi connectivity index (χ4n) is 2.65. The number of hydrogen-bond donors (Lipinski definition) is 3. The van der Waals surface area contributed by atoms with Crippen molar-refractivity contribution >= 4 is 39.9 Å². The maximum atomic E-state index is 12.3. The molecule has 8 heteroatoms. The Morgan fingerprint density at radius 1 is 1.26 bits per heavy atom. The van der Waals surface area contributed by atoms with Crippen LogP contribution in [0.25, 0.3) is 0 Å². The molecule has 0 saturated carbocycles. The van der Waals surface area contributed by atoms with E-state index in [9.17, 15) is 14.4 Å². The number of hydrogen-bond acceptors (Lipinski definition) is 5. The number of rotatable bonds is 4. The summed E-state index contributed by atoms with van der Waals surface area (Å²) in [5.74, 6) is -0.900. The van der Waals surface area contributed by atoms with Gasteiger partial charge in [-0.05, 0) is 18.6 Å². The summed E-state index contributed by atoms with van der Waals surface area (Å²) in [6.45, 7) is 6.16. The Kier molecular flexibility index (Phi) is 5.27. The fraction of sp³-hybridized carbons (Fsp3) is 0.368. The first-order chi connectivity index (χ1) is 12.7. The first-order valence-electron chi connectivity index (χ1n) is 8.70. The summed E-state index contributed by atoms with van der Waals surface area (Å²) in [5.41, 5.74) is 1.72. The van der Waals surface area contributed by atoms with Crippen molar-refractivity contribution in [3.05, 3.63) is 40.9 Å². The smallest absolute Gasteiger partial charge is 0.254 e. The van der Waals surface area contributed by atoms with Gasteiger partial charge in [0.2, 0.25) is 11.8 Å². The summed E-state index contributed by atoms with van der Waals surface area (Å²) in [4.78, 5) is 41.3. The molecule has 3 amide bonds. The van der Waals surface area contributed by atoms with E-state index in [1.165, 1.54) is 11.3 Å². The number of para-hydroxylation sites is 1. The largest absolute Gasteiger partial charge is 0.340 e. The van der Waals surface area contributed by atoms with Gasteiger partial charge in [0.05, 0.1) is 16.9 Å². The second kappa shape index (κ2) is 7.48. The van der Waals surface area contributed by atoms with E-state index in [1.807, 2.05) is 5.38 Å². The molecule has 3 rings (SSSR count). The highest BCUT2D eigenvalue weighted by atomic mass is 32.1. The predicted octanol–water partition coefficient (Wildman–Crippen LogP) is 2.91. The highest BCUT2D eigenvalue weighted by Crippen LogP contribution is 2.26. The van der Waals surface area contributed by atoms with Gasteiger partial charge in [0, 0.05) is 17.2 Å². The summed E-state index contributed by atoms with van der Waals surface area (Å²) in [5, 5.41) is 10.6. The molecule has 3 N–H and O–H groups in total. The van der Waals surface area contributed by atoms with E-state index in [-0.39, 0.29) is 36.0 Å². The predicted molar refractivity (Wildman–Crippen MR) is 105 cm³/mol. The highest BCUT2D eigenvalue weighted by Gasteiger charge is 2.28. The zero-order valence-electron chi connectivity index (χ0n) is 15.5. The van der Waals surface area contributed by atoms with Crippen molar-refractivity contribution < 1.29 is 14.4 Å². The number of carbonyl (C=O) groups is 3. The zero-order chi connectivity index (χ0) is 19.6. The summed E-state index contributed by atoms with van der Waals surface area (Å²) in [6.07, 6.45) is 0.300. The minimum Gasteiger partial charge on any atom is -0.340 e. The third-order valence-electron chi connectivity index (χ3n) is 4.23. The second-order valence-corrected chi connectivity index (χ2v) is 8.29. The Balaban J connectivity index is 1.58. The van der Waals surface area contributed by atoms with E-state index in [0.717, 1.165) is 5.69 Å². The Bertz CT molecular complexity index is 885. The van der Waals surface area contributed by atoms with Crippen LogP contribution in [-0.4, -0.2) is 28.7 Å². The summed E-state index contributed by atoms with van der Waals surface area (Å²) < 4.78 is 0. The number of thiazole rings is 1. The van der Waals surface area contributed by atoms with Crippen LogP contribution in [0, 0.1) is 0 Å². The maximum Gasteiger partial charge on any atom is 0.254 e. The lowest BCUT2D eigenvalue weighted by Crippen LogP contribution is -2.41. The molecule has 7 nitrogen and oxygen atoms in total. The topological polar surface area (TPSA) is 100 Å². The second-order valence-electron chi connectivity index (χ2n) is 7.44. The molecular formula is C19H22N4O3S. The van der Waals surface area contributed by atoms with Crippen molar-refractivity contribution in [3.63, 3.8) is 0 Å². The monoisotopic (exact) mass is 386 g/mol. The van der Waals surface area contributed by atoms with Crippen LogP contribution in [-0.2, 0) is 15.0 Å². The number of aromatic nitrogens is 1. The number of nitrogens with zero attached hydrogens (tertiary/aromatic N) is 1. The van der Waals surface area contributed by atoms with Gasteiger partial charge in [-0.3, -0.25) is 14.4 Å². The van der Waals surface area contributed by atoms with Crippen LogP contribution in [0.15, 0.2) is 29.6 Å². The lowest BCUT2D eigenvalue weighted by atomic mass is 9.93. The molecule has 1 atom stereocenters. The summed E-state index contributed by atoms with van der Waals surface area (Å²) >= 11 is 1.37. The fourth-order valence-corrected chi connectivity index (χ4v) is 3.60. The average Bonchev–Trinajstić information content (AvgIpc) is 3.03. The number of carbonyl (C=O) groups excluding carboxylic acids is 3. The lowest BCUT2D eigenvalue weighted by molar-refractivity contribution is -0.118. The number of anilines is 2. The minimum atomic E-state index is -0.767. The first kappa shape index (κ1) is 19.0. The maximum absolute atomic E-state index is 12.3. The Labute approximate surface area is 161 Å². The van der Waals surface area contributed by atoms with Crippen LogP contribution in [0.4, 0.5) is 10.8 Å². The number of amides is 3. The van der Waals surface area contributed by atoms with E-state index in [1.54, 1.807) is 24.3 Å². The molecule has 0 aliphatic carbocycles. The van der Waals surface area contributed by atoms with Gasteiger partial charge in [0.15, 0.2) is 5.13 Å². The molecule has 2 heterocycles. The molecule has 1 aliphatic heterocycles. The van der Waals surface area contributed by atoms with Crippen LogP contribution < -0.4 is 16.0 Å². The van der Waals surface area contributed by atoms with Gasteiger partial charge in [-0.1, -0.05) is 32.9 Å². The van der Waals surface area contributed by atoms with Crippen LogP contribution in [0.1, 0.15) is 49.7 Å². The van der Waals surface area contributed by atoms with Gasteiger partial charge in [-0.2, -0.15) is 0 Å². The Morgan fingerprint density at radius 2 is 2.00 bits per heavy atom. The van der Waals surface area contributed by atoms with E-state index in [2.05, 4.69) is 41.7 Å². The number of benzene rings is 1. The van der Waals surface area contributed by atoms with Crippen molar-refractivity contribution in [1.29, 1.82) is 0 Å². The molecule has 142 valence electrons. The van der Waals surface area contributed by atoms with Crippen molar-refractivity contribution in [1.82, 2.24) is 10.3 Å². The first-order valence-corrected chi connectivity index (χ1v) is 9.58. The van der Waals surface area contributed by atoms with Crippen molar-refractivity contribution in [2.75, 3.05) is 10.6 Å². The van der Waals surface area contributed by atoms with Crippen LogP contribution in [0.2, 0.25) is 0 Å². The number of fused-ring (bicyclic) bond motifs is 1. The molecule has 1 unspecified atom stereocenters. The molecule has 0 fully saturated rings. The number of nitrogens with one attached hydrogen (secondary N) is 3. The molecule has 2 aromatic rings. The molecule has 0 radical (unpaired) electrons. The zero-order valence-corrected chi connectivity index (χ0v) is 16.3. The van der Waals surface area contributed by atoms with Gasteiger partial charge < -0.3 is 16.0 Å². The molecular weight excluding hydrogens is 364 g/mol.